The van der Waals surface area contributed by atoms with E-state index in [1.54, 1.807) is 12.1 Å². The number of nitrogens with zero attached hydrogens (tertiary/aromatic N) is 3. The quantitative estimate of drug-likeness (QED) is 0.149. The van der Waals surface area contributed by atoms with E-state index >= 15 is 0 Å². The minimum absolute atomic E-state index is 0. The van der Waals surface area contributed by atoms with Crippen LogP contribution < -0.4 is 0 Å². The van der Waals surface area contributed by atoms with Crippen LogP contribution in [0, 0.1) is 25.8 Å². The molecule has 5 nitrogen and oxygen atoms in total. The first-order valence-corrected chi connectivity index (χ1v) is 21.2. The van der Waals surface area contributed by atoms with Gasteiger partial charge in [0.2, 0.25) is 0 Å². The van der Waals surface area contributed by atoms with Gasteiger partial charge in [-0.1, -0.05) is 149 Å². The molecule has 64 heavy (non-hydrogen) atoms. The fourth-order valence-corrected chi connectivity index (χ4v) is 8.40. The first-order valence-electron chi connectivity index (χ1n) is 24.2. The van der Waals surface area contributed by atoms with E-state index in [0.717, 1.165) is 66.8 Å². The zero-order chi connectivity index (χ0) is 48.2. The van der Waals surface area contributed by atoms with Crippen molar-refractivity contribution in [2.75, 3.05) is 0 Å². The van der Waals surface area contributed by atoms with Crippen molar-refractivity contribution in [2.45, 2.75) is 53.2 Å². The molecule has 317 valence electrons. The van der Waals surface area contributed by atoms with Crippen molar-refractivity contribution in [2.24, 2.45) is 0 Å². The standard InChI is InChI=1S/C45H35N2O2.C13H12N.Ir/c1-27(2)33-23-31(29-15-7-5-8-16-29)24-34(28(3)4)43(33)47-38-21-13-12-20-37(38)46-45(47)36-26-41-35(25-40(48-41)30-17-9-6-10-18-30)42-32-19-11-14-22-39(32)49-44(36)42;1-10-3-6-12(7-4-10)13-8-5-11(2)9-14-13;/h5-25,27-28H,1-4H3;3-6,8-9H,1-2H3;/q2*-1;/i;1D3,2D3;. The van der Waals surface area contributed by atoms with E-state index in [4.69, 9.17) is 22.0 Å². The number of rotatable bonds is 7. The smallest absolute Gasteiger partial charge is 0.123 e. The molecule has 0 bridgehead atoms. The fraction of sp³-hybridized carbons (Fsp3) is 0.138. The number of benzene rings is 7. The van der Waals surface area contributed by atoms with Gasteiger partial charge in [-0.05, 0) is 99.4 Å². The predicted molar refractivity (Wildman–Crippen MR) is 259 cm³/mol. The van der Waals surface area contributed by atoms with Crippen molar-refractivity contribution >= 4 is 43.9 Å². The van der Waals surface area contributed by atoms with Crippen LogP contribution >= 0.6 is 0 Å². The van der Waals surface area contributed by atoms with Gasteiger partial charge in [0, 0.05) is 51.2 Å². The van der Waals surface area contributed by atoms with Crippen LogP contribution in [-0.2, 0) is 20.1 Å². The Labute approximate surface area is 396 Å². The largest absolute Gasteiger partial charge is 0.501 e. The van der Waals surface area contributed by atoms with Gasteiger partial charge in [0.1, 0.15) is 11.3 Å². The molecule has 0 N–H and O–H groups in total. The van der Waals surface area contributed by atoms with Crippen LogP contribution in [0.3, 0.4) is 0 Å². The maximum atomic E-state index is 7.28. The molecule has 0 amide bonds. The van der Waals surface area contributed by atoms with E-state index in [-0.39, 0.29) is 43.1 Å². The molecule has 0 aliphatic rings. The van der Waals surface area contributed by atoms with Gasteiger partial charge >= 0.3 is 0 Å². The van der Waals surface area contributed by atoms with E-state index in [1.807, 2.05) is 30.3 Å². The van der Waals surface area contributed by atoms with Crippen molar-refractivity contribution in [3.05, 3.63) is 198 Å². The second kappa shape index (κ2) is 17.7. The van der Waals surface area contributed by atoms with Gasteiger partial charge in [-0.2, -0.15) is 0 Å². The SMILES string of the molecule is CC(C)c1cc(-c2ccccc2)cc(C(C)C)c1-n1c(-c2[c-]c3oc(-c4ccccc4)cc3c3c2oc2ccccc23)nc2ccccc21.[2H]C([2H])([2H])c1c[c-]c(-c2ccc(C([2H])([2H])[2H])cn2)cc1.[Ir]. The Hall–Kier alpha value is -6.85. The molecule has 11 rings (SSSR count). The molecule has 4 aromatic heterocycles. The summed E-state index contributed by atoms with van der Waals surface area (Å²) in [6.45, 7) is 4.77. The Bertz CT molecular complexity index is 3550. The second-order valence-electron chi connectivity index (χ2n) is 16.4. The number of aryl methyl sites for hydroxylation is 2. The number of fused-ring (bicyclic) bond motifs is 6. The maximum absolute atomic E-state index is 7.28. The monoisotopic (exact) mass is 1020 g/mol. The maximum Gasteiger partial charge on any atom is 0.123 e. The Morgan fingerprint density at radius 1 is 0.641 bits per heavy atom. The van der Waals surface area contributed by atoms with Gasteiger partial charge in [0.15, 0.2) is 0 Å². The topological polar surface area (TPSA) is 57.0 Å². The van der Waals surface area contributed by atoms with Gasteiger partial charge in [-0.25, -0.2) is 0 Å². The molecule has 0 saturated carbocycles. The number of hydrogen-bond donors (Lipinski definition) is 0. The molecule has 0 spiro atoms. The molecule has 0 saturated heterocycles. The molecule has 7 aromatic carbocycles. The third-order valence-electron chi connectivity index (χ3n) is 11.5. The van der Waals surface area contributed by atoms with Crippen molar-refractivity contribution < 1.29 is 37.2 Å². The molecule has 1 radical (unpaired) electrons. The van der Waals surface area contributed by atoms with Crippen molar-refractivity contribution in [3.63, 3.8) is 0 Å². The number of pyridine rings is 1. The number of hydrogen-bond acceptors (Lipinski definition) is 4. The van der Waals surface area contributed by atoms with Crippen molar-refractivity contribution in [1.82, 2.24) is 14.5 Å². The summed E-state index contributed by atoms with van der Waals surface area (Å²) in [6.07, 6.45) is 1.30. The third kappa shape index (κ3) is 7.89. The van der Waals surface area contributed by atoms with E-state index in [9.17, 15) is 0 Å². The molecule has 6 heteroatoms. The Morgan fingerprint density at radius 3 is 1.98 bits per heavy atom. The number of furan rings is 2. The second-order valence-corrected chi connectivity index (χ2v) is 16.4. The van der Waals surface area contributed by atoms with Crippen LogP contribution in [0.25, 0.3) is 94.7 Å². The summed E-state index contributed by atoms with van der Waals surface area (Å²) in [5.74, 6) is 2.08. The van der Waals surface area contributed by atoms with Crippen LogP contribution in [0.15, 0.2) is 173 Å². The van der Waals surface area contributed by atoms with E-state index in [2.05, 4.69) is 146 Å². The normalized spacial score (nSPS) is 13.2. The summed E-state index contributed by atoms with van der Waals surface area (Å²) in [7, 11) is 0. The van der Waals surface area contributed by atoms with Crippen LogP contribution in [0.2, 0.25) is 0 Å². The Balaban J connectivity index is 0.000000244. The van der Waals surface area contributed by atoms with E-state index in [1.165, 1.54) is 46.6 Å². The van der Waals surface area contributed by atoms with Crippen LogP contribution in [-0.4, -0.2) is 14.5 Å². The first-order chi connectivity index (χ1) is 33.1. The Morgan fingerprint density at radius 2 is 1.31 bits per heavy atom. The molecule has 0 aliphatic carbocycles. The van der Waals surface area contributed by atoms with Crippen molar-refractivity contribution in [1.29, 1.82) is 0 Å². The number of para-hydroxylation sites is 3. The molecular formula is C58H47IrN3O2-2. The van der Waals surface area contributed by atoms with Gasteiger partial charge < -0.3 is 18.4 Å². The van der Waals surface area contributed by atoms with E-state index in [0.29, 0.717) is 16.8 Å². The molecule has 0 fully saturated rings. The summed E-state index contributed by atoms with van der Waals surface area (Å²) in [5, 5.41) is 3.03. The van der Waals surface area contributed by atoms with Crippen LogP contribution in [0.5, 0.6) is 0 Å². The van der Waals surface area contributed by atoms with Gasteiger partial charge in [-0.3, -0.25) is 4.98 Å². The summed E-state index contributed by atoms with van der Waals surface area (Å²) in [5.41, 5.74) is 13.7. The molecule has 0 atom stereocenters. The minimum atomic E-state index is -2.18. The summed E-state index contributed by atoms with van der Waals surface area (Å²) in [4.78, 5) is 9.44. The van der Waals surface area contributed by atoms with Crippen molar-refractivity contribution in [3.8, 4) is 50.8 Å². The minimum Gasteiger partial charge on any atom is -0.501 e. The Kier molecular flexibility index (Phi) is 9.86. The van der Waals surface area contributed by atoms with Gasteiger partial charge in [0.05, 0.1) is 28.0 Å². The first kappa shape index (κ1) is 35.6. The molecule has 11 aromatic rings. The van der Waals surface area contributed by atoms with Gasteiger partial charge in [0.25, 0.3) is 0 Å². The number of imidazole rings is 1. The zero-order valence-electron chi connectivity index (χ0n) is 41.7. The van der Waals surface area contributed by atoms with Crippen LogP contribution in [0.4, 0.5) is 0 Å². The molecular weight excluding hydrogens is 963 g/mol. The number of aromatic nitrogens is 3. The zero-order valence-corrected chi connectivity index (χ0v) is 38.1. The van der Waals surface area contributed by atoms with Crippen LogP contribution in [0.1, 0.15) is 70.0 Å². The average molecular weight is 1020 g/mol. The summed E-state index contributed by atoms with van der Waals surface area (Å²) in [6, 6.07) is 58.5. The molecule has 0 aliphatic heterocycles. The third-order valence-corrected chi connectivity index (χ3v) is 11.5. The predicted octanol–water partition coefficient (Wildman–Crippen LogP) is 15.9. The summed E-state index contributed by atoms with van der Waals surface area (Å²) >= 11 is 0. The molecule has 4 heterocycles. The van der Waals surface area contributed by atoms with E-state index < -0.39 is 13.7 Å². The fourth-order valence-electron chi connectivity index (χ4n) is 8.40. The van der Waals surface area contributed by atoms with Gasteiger partial charge in [-0.15, -0.1) is 35.4 Å². The summed E-state index contributed by atoms with van der Waals surface area (Å²) < 4.78 is 59.4. The molecule has 0 unspecified atom stereocenters. The average Bonchev–Trinajstić information content (AvgIpc) is 4.07.